The van der Waals surface area contributed by atoms with Gasteiger partial charge in [0.2, 0.25) is 0 Å². The lowest BCUT2D eigenvalue weighted by Gasteiger charge is -2.15. The number of rotatable bonds is 6. The minimum Gasteiger partial charge on any atom is -0.496 e. The Labute approximate surface area is 184 Å². The molecule has 0 radical (unpaired) electrons. The third-order valence-corrected chi connectivity index (χ3v) is 6.54. The molecular weight excluding hydrogens is 468 g/mol. The van der Waals surface area contributed by atoms with Gasteiger partial charge in [0.1, 0.15) is 10.4 Å². The number of ether oxygens (including phenoxy) is 1. The minimum atomic E-state index is -1.00. The molecule has 8 heteroatoms. The Balaban J connectivity index is 1.80. The third kappa shape index (κ3) is 3.80. The SMILES string of the molecule is COc1cc(Br)c2[nH]c(=O)c3sccc3c2c1-c1ccc(CCCNC(=O)O)cc1. The standard InChI is InChI=1S/C22H19BrN2O4S/c1-29-16-11-15(23)19-18(14-8-10-30-20(14)21(26)25-19)17(16)13-6-4-12(5-7-13)3-2-9-24-22(27)28/h4-8,10-11,24H,2-3,9H2,1H3,(H,25,26)(H,27,28). The van der Waals surface area contributed by atoms with Crippen molar-refractivity contribution < 1.29 is 14.6 Å². The van der Waals surface area contributed by atoms with Gasteiger partial charge in [-0.25, -0.2) is 4.79 Å². The molecule has 0 aliphatic rings. The first-order valence-electron chi connectivity index (χ1n) is 9.35. The predicted octanol–water partition coefficient (Wildman–Crippen LogP) is 5.38. The monoisotopic (exact) mass is 486 g/mol. The van der Waals surface area contributed by atoms with Crippen LogP contribution in [-0.4, -0.2) is 29.8 Å². The second kappa shape index (κ2) is 8.49. The number of hydrogen-bond acceptors (Lipinski definition) is 4. The molecule has 0 aliphatic heterocycles. The number of carboxylic acid groups (broad SMARTS) is 1. The Hall–Kier alpha value is -2.84. The van der Waals surface area contributed by atoms with Crippen LogP contribution in [0.2, 0.25) is 0 Å². The summed E-state index contributed by atoms with van der Waals surface area (Å²) in [5, 5.41) is 14.8. The third-order valence-electron chi connectivity index (χ3n) is 5.00. The summed E-state index contributed by atoms with van der Waals surface area (Å²) in [7, 11) is 1.64. The Kier molecular flexibility index (Phi) is 5.78. The van der Waals surface area contributed by atoms with Gasteiger partial charge in [0.15, 0.2) is 0 Å². The average Bonchev–Trinajstić information content (AvgIpc) is 3.23. The highest BCUT2D eigenvalue weighted by molar-refractivity contribution is 9.10. The van der Waals surface area contributed by atoms with Crippen molar-refractivity contribution in [1.82, 2.24) is 10.3 Å². The molecule has 30 heavy (non-hydrogen) atoms. The van der Waals surface area contributed by atoms with E-state index in [1.807, 2.05) is 41.8 Å². The van der Waals surface area contributed by atoms with Crippen LogP contribution < -0.4 is 15.6 Å². The van der Waals surface area contributed by atoms with Gasteiger partial charge in [-0.2, -0.15) is 0 Å². The molecule has 154 valence electrons. The van der Waals surface area contributed by atoms with Gasteiger partial charge in [-0.05, 0) is 57.4 Å². The van der Waals surface area contributed by atoms with Crippen LogP contribution in [0.5, 0.6) is 5.75 Å². The quantitative estimate of drug-likeness (QED) is 0.319. The van der Waals surface area contributed by atoms with Gasteiger partial charge in [-0.3, -0.25) is 4.79 Å². The number of carbonyl (C=O) groups is 1. The first-order chi connectivity index (χ1) is 14.5. The van der Waals surface area contributed by atoms with Gasteiger partial charge >= 0.3 is 6.09 Å². The Bertz CT molecular complexity index is 1290. The number of fused-ring (bicyclic) bond motifs is 3. The molecule has 6 nitrogen and oxygen atoms in total. The number of nitrogens with one attached hydrogen (secondary N) is 2. The lowest BCUT2D eigenvalue weighted by Crippen LogP contribution is -2.22. The largest absolute Gasteiger partial charge is 0.496 e. The summed E-state index contributed by atoms with van der Waals surface area (Å²) >= 11 is 4.99. The van der Waals surface area contributed by atoms with E-state index < -0.39 is 6.09 Å². The fourth-order valence-electron chi connectivity index (χ4n) is 3.64. The number of methoxy groups -OCH3 is 1. The number of thiophene rings is 1. The molecule has 4 rings (SSSR count). The highest BCUT2D eigenvalue weighted by atomic mass is 79.9. The normalized spacial score (nSPS) is 11.1. The zero-order chi connectivity index (χ0) is 21.3. The second-order valence-electron chi connectivity index (χ2n) is 6.84. The lowest BCUT2D eigenvalue weighted by atomic mass is 9.96. The molecule has 0 fully saturated rings. The first kappa shape index (κ1) is 20.4. The van der Waals surface area contributed by atoms with Crippen LogP contribution in [-0.2, 0) is 6.42 Å². The number of hydrogen-bond donors (Lipinski definition) is 3. The second-order valence-corrected chi connectivity index (χ2v) is 8.61. The van der Waals surface area contributed by atoms with Gasteiger partial charge in [0.25, 0.3) is 5.56 Å². The first-order valence-corrected chi connectivity index (χ1v) is 11.0. The summed E-state index contributed by atoms with van der Waals surface area (Å²) in [5.74, 6) is 0.715. The van der Waals surface area contributed by atoms with E-state index in [0.717, 1.165) is 50.3 Å². The lowest BCUT2D eigenvalue weighted by molar-refractivity contribution is 0.194. The zero-order valence-corrected chi connectivity index (χ0v) is 18.5. The van der Waals surface area contributed by atoms with E-state index in [2.05, 4.69) is 26.2 Å². The molecule has 0 atom stereocenters. The molecule has 2 aromatic carbocycles. The summed E-state index contributed by atoms with van der Waals surface area (Å²) in [6.07, 6.45) is 0.505. The molecule has 2 aromatic heterocycles. The predicted molar refractivity (Wildman–Crippen MR) is 124 cm³/mol. The van der Waals surface area contributed by atoms with Gasteiger partial charge in [0, 0.05) is 27.4 Å². The summed E-state index contributed by atoms with van der Waals surface area (Å²) in [6.45, 7) is 0.422. The summed E-state index contributed by atoms with van der Waals surface area (Å²) in [5.41, 5.74) is 3.67. The molecule has 0 aliphatic carbocycles. The summed E-state index contributed by atoms with van der Waals surface area (Å²) < 4.78 is 7.15. The molecule has 2 heterocycles. The molecule has 0 bridgehead atoms. The summed E-state index contributed by atoms with van der Waals surface area (Å²) in [6, 6.07) is 12.0. The van der Waals surface area contributed by atoms with Crippen molar-refractivity contribution in [3.8, 4) is 16.9 Å². The topological polar surface area (TPSA) is 91.4 Å². The summed E-state index contributed by atoms with van der Waals surface area (Å²) in [4.78, 5) is 26.0. The van der Waals surface area contributed by atoms with Gasteiger partial charge in [0.05, 0.1) is 12.6 Å². The molecule has 1 amide bonds. The molecule has 0 saturated carbocycles. The Morgan fingerprint density at radius 2 is 2.03 bits per heavy atom. The molecular formula is C22H19BrN2O4S. The van der Waals surface area contributed by atoms with Crippen molar-refractivity contribution in [2.75, 3.05) is 13.7 Å². The van der Waals surface area contributed by atoms with E-state index in [4.69, 9.17) is 9.84 Å². The van der Waals surface area contributed by atoms with Crippen LogP contribution in [0.25, 0.3) is 32.1 Å². The zero-order valence-electron chi connectivity index (χ0n) is 16.1. The number of H-pyrrole nitrogens is 1. The molecule has 0 saturated heterocycles. The van der Waals surface area contributed by atoms with Crippen molar-refractivity contribution in [3.05, 3.63) is 62.2 Å². The number of halogens is 1. The van der Waals surface area contributed by atoms with Crippen LogP contribution >= 0.6 is 27.3 Å². The van der Waals surface area contributed by atoms with Gasteiger partial charge in [-0.1, -0.05) is 24.3 Å². The highest BCUT2D eigenvalue weighted by Crippen LogP contribution is 2.43. The van der Waals surface area contributed by atoms with E-state index in [9.17, 15) is 9.59 Å². The van der Waals surface area contributed by atoms with E-state index in [1.165, 1.54) is 11.3 Å². The van der Waals surface area contributed by atoms with E-state index in [-0.39, 0.29) is 5.56 Å². The maximum Gasteiger partial charge on any atom is 0.404 e. The van der Waals surface area contributed by atoms with Crippen LogP contribution in [0, 0.1) is 0 Å². The fraction of sp³-hybridized carbons (Fsp3) is 0.182. The number of aromatic amines is 1. The average molecular weight is 487 g/mol. The smallest absolute Gasteiger partial charge is 0.404 e. The van der Waals surface area contributed by atoms with Crippen molar-refractivity contribution in [2.24, 2.45) is 0 Å². The molecule has 4 aromatic rings. The Morgan fingerprint density at radius 3 is 2.73 bits per heavy atom. The van der Waals surface area contributed by atoms with Crippen LogP contribution in [0.4, 0.5) is 4.79 Å². The van der Waals surface area contributed by atoms with Crippen LogP contribution in [0.15, 0.2) is 51.0 Å². The highest BCUT2D eigenvalue weighted by Gasteiger charge is 2.18. The molecule has 3 N–H and O–H groups in total. The van der Waals surface area contributed by atoms with Crippen LogP contribution in [0.3, 0.4) is 0 Å². The van der Waals surface area contributed by atoms with E-state index in [1.54, 1.807) is 7.11 Å². The Morgan fingerprint density at radius 1 is 1.27 bits per heavy atom. The van der Waals surface area contributed by atoms with Crippen molar-refractivity contribution >= 4 is 54.3 Å². The van der Waals surface area contributed by atoms with Gasteiger partial charge in [-0.15, -0.1) is 11.3 Å². The van der Waals surface area contributed by atoms with E-state index in [0.29, 0.717) is 17.0 Å². The van der Waals surface area contributed by atoms with Crippen molar-refractivity contribution in [3.63, 3.8) is 0 Å². The molecule has 0 spiro atoms. The number of benzene rings is 2. The maximum absolute atomic E-state index is 12.5. The van der Waals surface area contributed by atoms with Gasteiger partial charge < -0.3 is 20.1 Å². The van der Waals surface area contributed by atoms with E-state index >= 15 is 0 Å². The maximum atomic E-state index is 12.5. The van der Waals surface area contributed by atoms with Crippen LogP contribution in [0.1, 0.15) is 12.0 Å². The number of amides is 1. The number of pyridine rings is 1. The fourth-order valence-corrected chi connectivity index (χ4v) is 4.94. The van der Waals surface area contributed by atoms with Crippen molar-refractivity contribution in [1.29, 1.82) is 0 Å². The molecule has 0 unspecified atom stereocenters. The number of aromatic nitrogens is 1. The number of aryl methyl sites for hydroxylation is 1. The van der Waals surface area contributed by atoms with Crippen molar-refractivity contribution in [2.45, 2.75) is 12.8 Å². The minimum absolute atomic E-state index is 0.102.